The smallest absolute Gasteiger partial charge is 0.332 e. The first-order valence-corrected chi connectivity index (χ1v) is 8.65. The molecule has 3 aromatic rings. The minimum Gasteiger partial charge on any atom is -0.493 e. The largest absolute Gasteiger partial charge is 0.493 e. The molecule has 148 valence electrons. The van der Waals surface area contributed by atoms with E-state index in [1.165, 1.54) is 24.2 Å². The van der Waals surface area contributed by atoms with Crippen LogP contribution in [-0.2, 0) is 0 Å². The van der Waals surface area contributed by atoms with Gasteiger partial charge in [-0.3, -0.25) is 4.79 Å². The maximum atomic E-state index is 12.6. The maximum Gasteiger partial charge on any atom is 0.332 e. The van der Waals surface area contributed by atoms with Crippen LogP contribution in [0.1, 0.15) is 5.56 Å². The summed E-state index contributed by atoms with van der Waals surface area (Å²) in [6.45, 7) is 0. The standard InChI is InChI=1S/C19H16ClN5O4/c1-28-15-9-12(10-22-24-19(21)27)7-8-14(15)29-16-11-23-25(18(26)17(16)20)13-5-3-2-4-6-13/h2-11H,1H3,(H3,21,24,27). The summed E-state index contributed by atoms with van der Waals surface area (Å²) in [6, 6.07) is 13.0. The number of nitrogens with zero attached hydrogens (tertiary/aromatic N) is 3. The zero-order valence-corrected chi connectivity index (χ0v) is 16.0. The Bertz CT molecular complexity index is 1120. The Hall–Kier alpha value is -3.85. The molecular formula is C19H16ClN5O4. The van der Waals surface area contributed by atoms with Gasteiger partial charge in [0.25, 0.3) is 5.56 Å². The maximum absolute atomic E-state index is 12.6. The van der Waals surface area contributed by atoms with E-state index >= 15 is 0 Å². The number of aromatic nitrogens is 2. The normalized spacial score (nSPS) is 10.7. The number of nitrogens with one attached hydrogen (secondary N) is 1. The van der Waals surface area contributed by atoms with Crippen LogP contribution < -0.4 is 26.2 Å². The van der Waals surface area contributed by atoms with Crippen molar-refractivity contribution >= 4 is 23.8 Å². The van der Waals surface area contributed by atoms with Crippen molar-refractivity contribution in [2.24, 2.45) is 10.8 Å². The summed E-state index contributed by atoms with van der Waals surface area (Å²) >= 11 is 6.21. The molecule has 2 aromatic carbocycles. The van der Waals surface area contributed by atoms with Crippen LogP contribution in [0.5, 0.6) is 17.2 Å². The number of carbonyl (C=O) groups excluding carboxylic acids is 1. The summed E-state index contributed by atoms with van der Waals surface area (Å²) in [7, 11) is 1.46. The Labute approximate surface area is 170 Å². The number of urea groups is 1. The molecule has 0 aliphatic heterocycles. The summed E-state index contributed by atoms with van der Waals surface area (Å²) in [6.07, 6.45) is 2.73. The third kappa shape index (κ3) is 4.71. The van der Waals surface area contributed by atoms with Crippen molar-refractivity contribution in [3.8, 4) is 22.9 Å². The number of benzene rings is 2. The van der Waals surface area contributed by atoms with Gasteiger partial charge in [-0.15, -0.1) is 0 Å². The summed E-state index contributed by atoms with van der Waals surface area (Å²) in [5.41, 5.74) is 7.71. The molecule has 0 saturated heterocycles. The molecule has 1 aromatic heterocycles. The van der Waals surface area contributed by atoms with Crippen LogP contribution in [0.15, 0.2) is 64.6 Å². The number of carbonyl (C=O) groups is 1. The fourth-order valence-electron chi connectivity index (χ4n) is 2.38. The van der Waals surface area contributed by atoms with Gasteiger partial charge in [0.15, 0.2) is 22.3 Å². The number of ether oxygens (including phenoxy) is 2. The van der Waals surface area contributed by atoms with E-state index in [2.05, 4.69) is 15.6 Å². The number of nitrogens with two attached hydrogens (primary N) is 1. The molecule has 9 nitrogen and oxygen atoms in total. The van der Waals surface area contributed by atoms with Crippen molar-refractivity contribution in [2.75, 3.05) is 7.11 Å². The van der Waals surface area contributed by atoms with Gasteiger partial charge in [0.2, 0.25) is 0 Å². The Balaban J connectivity index is 1.88. The first-order chi connectivity index (χ1) is 14.0. The summed E-state index contributed by atoms with van der Waals surface area (Å²) in [5.74, 6) is 0.753. The molecule has 0 fully saturated rings. The van der Waals surface area contributed by atoms with Crippen molar-refractivity contribution in [3.05, 3.63) is 75.7 Å². The van der Waals surface area contributed by atoms with Gasteiger partial charge in [0.05, 0.1) is 25.2 Å². The lowest BCUT2D eigenvalue weighted by atomic mass is 10.2. The fraction of sp³-hybridized carbons (Fsp3) is 0.0526. The van der Waals surface area contributed by atoms with Crippen LogP contribution in [0.2, 0.25) is 5.02 Å². The van der Waals surface area contributed by atoms with E-state index in [1.807, 2.05) is 6.07 Å². The highest BCUT2D eigenvalue weighted by Crippen LogP contribution is 2.34. The predicted molar refractivity (Wildman–Crippen MR) is 108 cm³/mol. The van der Waals surface area contributed by atoms with Gasteiger partial charge in [-0.05, 0) is 35.9 Å². The van der Waals surface area contributed by atoms with E-state index < -0.39 is 11.6 Å². The number of hydrogen-bond acceptors (Lipinski definition) is 6. The molecule has 29 heavy (non-hydrogen) atoms. The van der Waals surface area contributed by atoms with Gasteiger partial charge in [0, 0.05) is 0 Å². The fourth-order valence-corrected chi connectivity index (χ4v) is 2.55. The molecule has 10 heteroatoms. The highest BCUT2D eigenvalue weighted by Gasteiger charge is 2.15. The molecule has 0 spiro atoms. The highest BCUT2D eigenvalue weighted by molar-refractivity contribution is 6.31. The monoisotopic (exact) mass is 413 g/mol. The number of halogens is 1. The van der Waals surface area contributed by atoms with E-state index in [-0.39, 0.29) is 10.8 Å². The summed E-state index contributed by atoms with van der Waals surface area (Å²) in [4.78, 5) is 23.2. The van der Waals surface area contributed by atoms with Crippen molar-refractivity contribution in [1.82, 2.24) is 15.2 Å². The average molecular weight is 414 g/mol. The Kier molecular flexibility index (Phi) is 6.10. The lowest BCUT2D eigenvalue weighted by Gasteiger charge is -2.12. The lowest BCUT2D eigenvalue weighted by Crippen LogP contribution is -2.24. The SMILES string of the molecule is COc1cc(C=NNC(N)=O)ccc1Oc1cnn(-c2ccccc2)c(=O)c1Cl. The Morgan fingerprint density at radius 2 is 1.97 bits per heavy atom. The molecule has 0 radical (unpaired) electrons. The molecule has 0 bridgehead atoms. The molecule has 1 heterocycles. The average Bonchev–Trinajstić information content (AvgIpc) is 2.72. The molecule has 0 aliphatic carbocycles. The summed E-state index contributed by atoms with van der Waals surface area (Å²) < 4.78 is 12.2. The second-order valence-electron chi connectivity index (χ2n) is 5.62. The van der Waals surface area contributed by atoms with E-state index in [9.17, 15) is 9.59 Å². The topological polar surface area (TPSA) is 121 Å². The summed E-state index contributed by atoms with van der Waals surface area (Å²) in [5, 5.41) is 7.67. The molecule has 0 unspecified atom stereocenters. The van der Waals surface area contributed by atoms with Gasteiger partial charge in [0.1, 0.15) is 0 Å². The first kappa shape index (κ1) is 19.9. The number of hydrazone groups is 1. The van der Waals surface area contributed by atoms with E-state index in [0.717, 1.165) is 0 Å². The van der Waals surface area contributed by atoms with Crippen molar-refractivity contribution in [3.63, 3.8) is 0 Å². The van der Waals surface area contributed by atoms with E-state index in [1.54, 1.807) is 42.5 Å². The number of para-hydroxylation sites is 1. The molecular weight excluding hydrogens is 398 g/mol. The Morgan fingerprint density at radius 1 is 1.21 bits per heavy atom. The van der Waals surface area contributed by atoms with Crippen LogP contribution in [0.25, 0.3) is 5.69 Å². The number of primary amides is 1. The van der Waals surface area contributed by atoms with Gasteiger partial charge in [-0.2, -0.15) is 14.9 Å². The number of rotatable bonds is 6. The van der Waals surface area contributed by atoms with Crippen LogP contribution in [0.3, 0.4) is 0 Å². The van der Waals surface area contributed by atoms with Gasteiger partial charge in [-0.25, -0.2) is 10.2 Å². The molecule has 3 N–H and O–H groups in total. The van der Waals surface area contributed by atoms with Crippen molar-refractivity contribution in [1.29, 1.82) is 0 Å². The van der Waals surface area contributed by atoms with Gasteiger partial charge >= 0.3 is 6.03 Å². The van der Waals surface area contributed by atoms with Crippen LogP contribution in [0, 0.1) is 0 Å². The van der Waals surface area contributed by atoms with Crippen molar-refractivity contribution < 1.29 is 14.3 Å². The highest BCUT2D eigenvalue weighted by atomic mass is 35.5. The molecule has 0 aliphatic rings. The lowest BCUT2D eigenvalue weighted by molar-refractivity contribution is 0.249. The number of methoxy groups -OCH3 is 1. The molecule has 3 rings (SSSR count). The predicted octanol–water partition coefficient (Wildman–Crippen LogP) is 2.69. The van der Waals surface area contributed by atoms with Gasteiger partial charge < -0.3 is 15.2 Å². The van der Waals surface area contributed by atoms with E-state index in [0.29, 0.717) is 22.7 Å². The molecule has 0 atom stereocenters. The minimum atomic E-state index is -0.777. The van der Waals surface area contributed by atoms with Crippen molar-refractivity contribution in [2.45, 2.75) is 0 Å². The van der Waals surface area contributed by atoms with Crippen LogP contribution in [-0.4, -0.2) is 29.1 Å². The third-order valence-corrected chi connectivity index (χ3v) is 4.03. The number of amides is 2. The first-order valence-electron chi connectivity index (χ1n) is 8.27. The second-order valence-corrected chi connectivity index (χ2v) is 6.00. The third-order valence-electron chi connectivity index (χ3n) is 3.68. The Morgan fingerprint density at radius 3 is 2.66 bits per heavy atom. The van der Waals surface area contributed by atoms with Crippen LogP contribution in [0.4, 0.5) is 4.79 Å². The quantitative estimate of drug-likeness (QED) is 0.475. The number of hydrogen-bond donors (Lipinski definition) is 2. The minimum absolute atomic E-state index is 0.0824. The molecule has 2 amide bonds. The zero-order valence-electron chi connectivity index (χ0n) is 15.2. The van der Waals surface area contributed by atoms with E-state index in [4.69, 9.17) is 26.8 Å². The molecule has 0 saturated carbocycles. The zero-order chi connectivity index (χ0) is 20.8. The van der Waals surface area contributed by atoms with Crippen LogP contribution >= 0.6 is 11.6 Å². The van der Waals surface area contributed by atoms with Gasteiger partial charge in [-0.1, -0.05) is 29.8 Å². The second kappa shape index (κ2) is 8.89.